The first-order valence-electron chi connectivity index (χ1n) is 6.35. The highest BCUT2D eigenvalue weighted by molar-refractivity contribution is 4.82. The Morgan fingerprint density at radius 1 is 1.25 bits per heavy atom. The maximum Gasteiger partial charge on any atom is 0.147 e. The Bertz CT molecular complexity index is 206. The van der Waals surface area contributed by atoms with Gasteiger partial charge in [0.05, 0.1) is 18.8 Å². The van der Waals surface area contributed by atoms with Crippen LogP contribution in [0.25, 0.3) is 0 Å². The molecule has 0 spiro atoms. The largest absolute Gasteiger partial charge is 0.391 e. The summed E-state index contributed by atoms with van der Waals surface area (Å²) in [5.41, 5.74) is 0. The van der Waals surface area contributed by atoms with Crippen LogP contribution in [0.3, 0.4) is 0 Å². The summed E-state index contributed by atoms with van der Waals surface area (Å²) < 4.78 is 10.7. The molecule has 0 aromatic carbocycles. The zero-order chi connectivity index (χ0) is 11.4. The van der Waals surface area contributed by atoms with Crippen molar-refractivity contribution in [3.05, 3.63) is 0 Å². The van der Waals surface area contributed by atoms with Gasteiger partial charge in [0, 0.05) is 12.6 Å². The molecule has 0 amide bonds. The van der Waals surface area contributed by atoms with Crippen LogP contribution < -0.4 is 0 Å². The molecule has 16 heavy (non-hydrogen) atoms. The Kier molecular flexibility index (Phi) is 4.58. The van der Waals surface area contributed by atoms with Crippen LogP contribution in [0, 0.1) is 0 Å². The summed E-state index contributed by atoms with van der Waals surface area (Å²) in [5, 5.41) is 9.96. The fourth-order valence-electron chi connectivity index (χ4n) is 2.71. The van der Waals surface area contributed by atoms with E-state index in [1.807, 2.05) is 0 Å². The molecule has 4 nitrogen and oxygen atoms in total. The van der Waals surface area contributed by atoms with Crippen molar-refractivity contribution in [1.29, 1.82) is 0 Å². The van der Waals surface area contributed by atoms with Crippen molar-refractivity contribution in [1.82, 2.24) is 4.90 Å². The van der Waals surface area contributed by atoms with E-state index in [0.717, 1.165) is 32.4 Å². The van der Waals surface area contributed by atoms with E-state index in [4.69, 9.17) is 9.47 Å². The van der Waals surface area contributed by atoms with Gasteiger partial charge >= 0.3 is 0 Å². The summed E-state index contributed by atoms with van der Waals surface area (Å²) in [7, 11) is 2.10. The van der Waals surface area contributed by atoms with E-state index in [2.05, 4.69) is 11.9 Å². The predicted octanol–water partition coefficient (Wildman–Crippen LogP) is 0.985. The minimum atomic E-state index is -0.154. The average Bonchev–Trinajstić information content (AvgIpc) is 2.31. The average molecular weight is 229 g/mol. The minimum Gasteiger partial charge on any atom is -0.391 e. The van der Waals surface area contributed by atoms with E-state index in [0.29, 0.717) is 12.8 Å². The van der Waals surface area contributed by atoms with E-state index in [9.17, 15) is 5.11 Å². The number of nitrogens with zero attached hydrogens (tertiary/aromatic N) is 1. The smallest absolute Gasteiger partial charge is 0.147 e. The van der Waals surface area contributed by atoms with Gasteiger partial charge in [-0.05, 0) is 26.3 Å². The molecule has 1 N–H and O–H groups in total. The topological polar surface area (TPSA) is 41.9 Å². The molecule has 0 aromatic rings. The highest BCUT2D eigenvalue weighted by Gasteiger charge is 2.28. The monoisotopic (exact) mass is 229 g/mol. The van der Waals surface area contributed by atoms with Crippen molar-refractivity contribution in [2.75, 3.05) is 27.0 Å². The van der Waals surface area contributed by atoms with Gasteiger partial charge in [0.15, 0.2) is 0 Å². The maximum absolute atomic E-state index is 9.96. The van der Waals surface area contributed by atoms with Crippen LogP contribution in [0.2, 0.25) is 0 Å². The van der Waals surface area contributed by atoms with E-state index in [1.54, 1.807) is 0 Å². The third kappa shape index (κ3) is 3.17. The first kappa shape index (κ1) is 12.3. The van der Waals surface area contributed by atoms with Gasteiger partial charge in [0.2, 0.25) is 0 Å². The number of hydrogen-bond donors (Lipinski definition) is 1. The summed E-state index contributed by atoms with van der Waals surface area (Å²) in [4.78, 5) is 2.26. The van der Waals surface area contributed by atoms with Gasteiger partial charge in [0.25, 0.3) is 0 Å². The SMILES string of the molecule is CN(CC1CCOCO1)C1CCCCC1O. The lowest BCUT2D eigenvalue weighted by Gasteiger charge is -2.37. The predicted molar refractivity (Wildman–Crippen MR) is 61.2 cm³/mol. The fraction of sp³-hybridized carbons (Fsp3) is 1.00. The molecule has 2 rings (SSSR count). The number of rotatable bonds is 3. The molecule has 3 atom stereocenters. The zero-order valence-corrected chi connectivity index (χ0v) is 10.1. The van der Waals surface area contributed by atoms with Crippen LogP contribution in [0.1, 0.15) is 32.1 Å². The summed E-state index contributed by atoms with van der Waals surface area (Å²) in [6.45, 7) is 2.13. The summed E-state index contributed by atoms with van der Waals surface area (Å²) in [6.07, 6.45) is 5.55. The number of likely N-dealkylation sites (N-methyl/N-ethyl adjacent to an activating group) is 1. The van der Waals surface area contributed by atoms with Crippen molar-refractivity contribution >= 4 is 0 Å². The van der Waals surface area contributed by atoms with Gasteiger partial charge in [-0.15, -0.1) is 0 Å². The van der Waals surface area contributed by atoms with Gasteiger partial charge in [-0.2, -0.15) is 0 Å². The van der Waals surface area contributed by atoms with Crippen molar-refractivity contribution in [2.45, 2.75) is 50.4 Å². The summed E-state index contributed by atoms with van der Waals surface area (Å²) in [5.74, 6) is 0. The molecule has 4 heteroatoms. The molecule has 1 aliphatic carbocycles. The third-order valence-corrected chi connectivity index (χ3v) is 3.72. The van der Waals surface area contributed by atoms with Crippen LogP contribution in [-0.4, -0.2) is 55.2 Å². The van der Waals surface area contributed by atoms with Crippen molar-refractivity contribution in [3.63, 3.8) is 0 Å². The Labute approximate surface area is 97.5 Å². The van der Waals surface area contributed by atoms with Crippen LogP contribution >= 0.6 is 0 Å². The Morgan fingerprint density at radius 2 is 2.06 bits per heavy atom. The van der Waals surface area contributed by atoms with E-state index < -0.39 is 0 Å². The zero-order valence-electron chi connectivity index (χ0n) is 10.1. The van der Waals surface area contributed by atoms with Crippen molar-refractivity contribution in [2.24, 2.45) is 0 Å². The van der Waals surface area contributed by atoms with E-state index in [1.165, 1.54) is 12.8 Å². The lowest BCUT2D eigenvalue weighted by Crippen LogP contribution is -2.47. The molecular weight excluding hydrogens is 206 g/mol. The molecule has 0 radical (unpaired) electrons. The molecule has 94 valence electrons. The highest BCUT2D eigenvalue weighted by Crippen LogP contribution is 2.23. The molecule has 1 aliphatic heterocycles. The Balaban J connectivity index is 1.78. The van der Waals surface area contributed by atoms with Crippen LogP contribution in [0.15, 0.2) is 0 Å². The van der Waals surface area contributed by atoms with Crippen LogP contribution in [0.5, 0.6) is 0 Å². The quantitative estimate of drug-likeness (QED) is 0.783. The van der Waals surface area contributed by atoms with E-state index in [-0.39, 0.29) is 12.2 Å². The Hall–Kier alpha value is -0.160. The van der Waals surface area contributed by atoms with Gasteiger partial charge in [-0.25, -0.2) is 0 Å². The third-order valence-electron chi connectivity index (χ3n) is 3.72. The normalized spacial score (nSPS) is 36.6. The molecule has 3 unspecified atom stereocenters. The molecular formula is C12H23NO3. The lowest BCUT2D eigenvalue weighted by molar-refractivity contribution is -0.147. The minimum absolute atomic E-state index is 0.154. The number of ether oxygens (including phenoxy) is 2. The van der Waals surface area contributed by atoms with Crippen molar-refractivity contribution < 1.29 is 14.6 Å². The summed E-state index contributed by atoms with van der Waals surface area (Å²) in [6, 6.07) is 0.320. The fourth-order valence-corrected chi connectivity index (χ4v) is 2.71. The molecule has 0 aromatic heterocycles. The molecule has 1 saturated heterocycles. The first-order valence-corrected chi connectivity index (χ1v) is 6.35. The molecule has 1 saturated carbocycles. The van der Waals surface area contributed by atoms with Gasteiger partial charge < -0.3 is 14.6 Å². The van der Waals surface area contributed by atoms with Gasteiger partial charge in [-0.1, -0.05) is 12.8 Å². The lowest BCUT2D eigenvalue weighted by atomic mass is 9.91. The molecule has 2 aliphatic rings. The van der Waals surface area contributed by atoms with Crippen LogP contribution in [0.4, 0.5) is 0 Å². The van der Waals surface area contributed by atoms with Crippen molar-refractivity contribution in [3.8, 4) is 0 Å². The number of aliphatic hydroxyl groups is 1. The first-order chi connectivity index (χ1) is 7.77. The van der Waals surface area contributed by atoms with E-state index >= 15 is 0 Å². The standard InChI is InChI=1S/C12H23NO3/c1-13(8-10-6-7-15-9-16-10)11-4-2-3-5-12(11)14/h10-12,14H,2-9H2,1H3. The van der Waals surface area contributed by atoms with Gasteiger partial charge in [-0.3, -0.25) is 4.90 Å². The number of aliphatic hydroxyl groups excluding tert-OH is 1. The Morgan fingerprint density at radius 3 is 2.75 bits per heavy atom. The second-order valence-electron chi connectivity index (χ2n) is 4.96. The van der Waals surface area contributed by atoms with Gasteiger partial charge in [0.1, 0.15) is 6.79 Å². The highest BCUT2D eigenvalue weighted by atomic mass is 16.7. The van der Waals surface area contributed by atoms with Crippen LogP contribution in [-0.2, 0) is 9.47 Å². The number of hydrogen-bond acceptors (Lipinski definition) is 4. The molecule has 2 fully saturated rings. The maximum atomic E-state index is 9.96. The molecule has 0 bridgehead atoms. The second kappa shape index (κ2) is 5.96. The summed E-state index contributed by atoms with van der Waals surface area (Å²) >= 11 is 0. The molecule has 1 heterocycles. The second-order valence-corrected chi connectivity index (χ2v) is 4.96.